The molecule has 3 heterocycles. The molecule has 2 N–H and O–H groups in total. The maximum atomic E-state index is 11.4. The van der Waals surface area contributed by atoms with E-state index in [2.05, 4.69) is 49.1 Å². The number of carbonyl (C=O) groups excluding carboxylic acids is 1. The van der Waals surface area contributed by atoms with Gasteiger partial charge in [-0.05, 0) is 25.1 Å². The molecule has 1 amide bonds. The Kier molecular flexibility index (Phi) is 6.18. The number of amides is 1. The topological polar surface area (TPSA) is 93.6 Å². The van der Waals surface area contributed by atoms with Crippen LogP contribution in [0, 0.1) is 0 Å². The molecule has 3 rings (SSSR count). The zero-order valence-corrected chi connectivity index (χ0v) is 20.1. The predicted octanol–water partition coefficient (Wildman–Crippen LogP) is 5.35. The number of thiazole rings is 2. The third-order valence-electron chi connectivity index (χ3n) is 5.30. The molecule has 1 fully saturated rings. The normalized spacial score (nSPS) is 20.6. The quantitative estimate of drug-likeness (QED) is 0.452. The fourth-order valence-electron chi connectivity index (χ4n) is 2.44. The van der Waals surface area contributed by atoms with Crippen molar-refractivity contribution in [1.82, 2.24) is 15.3 Å². The van der Waals surface area contributed by atoms with E-state index in [0.717, 1.165) is 5.69 Å². The zero-order valence-electron chi connectivity index (χ0n) is 17.5. The van der Waals surface area contributed by atoms with E-state index < -0.39 is 14.4 Å². The van der Waals surface area contributed by atoms with Crippen LogP contribution in [0.4, 0.5) is 4.79 Å². The fourth-order valence-corrected chi connectivity index (χ4v) is 5.07. The number of cyclic esters (lactones) is 1. The van der Waals surface area contributed by atoms with Gasteiger partial charge in [-0.25, -0.2) is 14.8 Å². The summed E-state index contributed by atoms with van der Waals surface area (Å²) in [5.74, 6) is 0.0385. The fraction of sp³-hybridized carbons (Fsp3) is 0.526. The summed E-state index contributed by atoms with van der Waals surface area (Å²) in [6, 6.07) is -0.298. The number of nitrogens with zero attached hydrogens (tertiary/aromatic N) is 2. The third-order valence-corrected chi connectivity index (χ3v) is 11.5. The maximum Gasteiger partial charge on any atom is 0.408 e. The molecule has 29 heavy (non-hydrogen) atoms. The minimum absolute atomic E-state index is 0.0385. The van der Waals surface area contributed by atoms with Crippen LogP contribution in [0.25, 0.3) is 11.8 Å². The number of ether oxygens (including phenoxy) is 1. The Balaban J connectivity index is 1.66. The minimum atomic E-state index is -1.83. The van der Waals surface area contributed by atoms with E-state index in [1.807, 2.05) is 12.3 Å². The van der Waals surface area contributed by atoms with Crippen molar-refractivity contribution >= 4 is 48.9 Å². The second-order valence-corrected chi connectivity index (χ2v) is 15.1. The summed E-state index contributed by atoms with van der Waals surface area (Å²) in [6.07, 6.45) is 0.858. The Morgan fingerprint density at radius 3 is 2.69 bits per heavy atom. The lowest BCUT2D eigenvalue weighted by molar-refractivity contribution is 0.141. The van der Waals surface area contributed by atoms with Crippen LogP contribution in [0.2, 0.25) is 18.1 Å². The number of aliphatic hydroxyl groups excluding tert-OH is 1. The van der Waals surface area contributed by atoms with Crippen LogP contribution >= 0.6 is 22.7 Å². The first kappa shape index (κ1) is 21.9. The summed E-state index contributed by atoms with van der Waals surface area (Å²) in [5.41, 5.74) is 1.31. The van der Waals surface area contributed by atoms with E-state index in [0.29, 0.717) is 22.3 Å². The molecule has 2 aromatic rings. The summed E-state index contributed by atoms with van der Waals surface area (Å²) in [4.78, 5) is 20.3. The number of carbonyl (C=O) groups is 1. The Bertz CT molecular complexity index is 917. The van der Waals surface area contributed by atoms with Crippen LogP contribution in [-0.4, -0.2) is 35.6 Å². The highest BCUT2D eigenvalue weighted by molar-refractivity contribution is 7.10. The lowest BCUT2D eigenvalue weighted by Crippen LogP contribution is -2.40. The van der Waals surface area contributed by atoms with Gasteiger partial charge in [0, 0.05) is 16.8 Å². The lowest BCUT2D eigenvalue weighted by atomic mass is 10.2. The van der Waals surface area contributed by atoms with Crippen LogP contribution in [-0.2, 0) is 15.8 Å². The highest BCUT2D eigenvalue weighted by Gasteiger charge is 2.37. The summed E-state index contributed by atoms with van der Waals surface area (Å²) in [5, 5.41) is 18.4. The first-order chi connectivity index (χ1) is 13.5. The van der Waals surface area contributed by atoms with Gasteiger partial charge in [-0.15, -0.1) is 22.7 Å². The smallest absolute Gasteiger partial charge is 0.408 e. The number of rotatable bonds is 6. The minimum Gasteiger partial charge on any atom is -0.506 e. The van der Waals surface area contributed by atoms with E-state index >= 15 is 0 Å². The molecule has 0 aliphatic carbocycles. The largest absolute Gasteiger partial charge is 0.506 e. The van der Waals surface area contributed by atoms with Gasteiger partial charge in [0.1, 0.15) is 33.6 Å². The number of alkyl carbamates (subject to hydrolysis) is 1. The van der Waals surface area contributed by atoms with Crippen molar-refractivity contribution in [3.63, 3.8) is 0 Å². The molecule has 0 saturated carbocycles. The van der Waals surface area contributed by atoms with E-state index in [-0.39, 0.29) is 22.9 Å². The molecular formula is C19H27N3O4S2Si. The van der Waals surface area contributed by atoms with Crippen molar-refractivity contribution in [2.24, 2.45) is 0 Å². The molecule has 0 aromatic carbocycles. The van der Waals surface area contributed by atoms with Crippen LogP contribution in [0.1, 0.15) is 55.1 Å². The van der Waals surface area contributed by atoms with Gasteiger partial charge in [-0.2, -0.15) is 0 Å². The van der Waals surface area contributed by atoms with E-state index in [1.54, 1.807) is 11.5 Å². The Hall–Kier alpha value is -1.75. The van der Waals surface area contributed by atoms with Gasteiger partial charge in [-0.1, -0.05) is 20.8 Å². The van der Waals surface area contributed by atoms with Crippen molar-refractivity contribution in [2.45, 2.75) is 64.6 Å². The Morgan fingerprint density at radius 2 is 2.07 bits per heavy atom. The first-order valence-electron chi connectivity index (χ1n) is 9.38. The second-order valence-electron chi connectivity index (χ2n) is 8.56. The monoisotopic (exact) mass is 453 g/mol. The molecule has 0 radical (unpaired) electrons. The third kappa shape index (κ3) is 5.06. The summed E-state index contributed by atoms with van der Waals surface area (Å²) in [7, 11) is -1.83. The van der Waals surface area contributed by atoms with Crippen LogP contribution in [0.15, 0.2) is 10.8 Å². The van der Waals surface area contributed by atoms with Gasteiger partial charge in [0.05, 0.1) is 12.3 Å². The molecule has 158 valence electrons. The Morgan fingerprint density at radius 1 is 1.34 bits per heavy atom. The highest BCUT2D eigenvalue weighted by atomic mass is 32.1. The number of aliphatic hydroxyl groups is 1. The predicted molar refractivity (Wildman–Crippen MR) is 119 cm³/mol. The van der Waals surface area contributed by atoms with Gasteiger partial charge >= 0.3 is 6.09 Å². The molecule has 2 aromatic heterocycles. The van der Waals surface area contributed by atoms with Crippen molar-refractivity contribution in [1.29, 1.82) is 0 Å². The first-order valence-corrected chi connectivity index (χ1v) is 14.0. The molecule has 0 unspecified atom stereocenters. The van der Waals surface area contributed by atoms with Gasteiger partial charge < -0.3 is 19.6 Å². The molecule has 0 spiro atoms. The summed E-state index contributed by atoms with van der Waals surface area (Å²) < 4.78 is 11.3. The van der Waals surface area contributed by atoms with Crippen LogP contribution in [0.5, 0.6) is 0 Å². The molecule has 0 bridgehead atoms. The molecule has 10 heteroatoms. The van der Waals surface area contributed by atoms with Crippen LogP contribution < -0.4 is 5.32 Å². The SMILES string of the molecule is C[C@H]1OC(=O)N[C@@H]1c1nc(/C(O)=C/c2nc(CO[Si](C)(C)C(C)(C)C)cs2)cs1. The highest BCUT2D eigenvalue weighted by Crippen LogP contribution is 2.37. The zero-order chi connectivity index (χ0) is 21.4. The molecule has 1 saturated heterocycles. The molecule has 1 aliphatic rings. The van der Waals surface area contributed by atoms with Gasteiger partial charge in [-0.3, -0.25) is 0 Å². The number of hydrogen-bond donors (Lipinski definition) is 2. The van der Waals surface area contributed by atoms with E-state index in [4.69, 9.17) is 9.16 Å². The average Bonchev–Trinajstić information content (AvgIpc) is 3.32. The molecular weight excluding hydrogens is 426 g/mol. The number of aromatic nitrogens is 2. The van der Waals surface area contributed by atoms with Crippen molar-refractivity contribution in [3.8, 4) is 0 Å². The number of hydrogen-bond acceptors (Lipinski definition) is 8. The van der Waals surface area contributed by atoms with Crippen LogP contribution in [0.3, 0.4) is 0 Å². The maximum absolute atomic E-state index is 11.4. The molecule has 1 aliphatic heterocycles. The van der Waals surface area contributed by atoms with E-state index in [9.17, 15) is 9.90 Å². The van der Waals surface area contributed by atoms with E-state index in [1.165, 1.54) is 22.7 Å². The van der Waals surface area contributed by atoms with Gasteiger partial charge in [0.15, 0.2) is 8.32 Å². The standard InChI is InChI=1S/C19H27N3O4S2Si/c1-11-16(22-18(24)26-11)17-21-13(10-28-17)14(23)7-15-20-12(9-27-15)8-25-29(5,6)19(2,3)4/h7,9-11,16,23H,8H2,1-6H3,(H,22,24)/b14-7-/t11-,16+/m1/s1. The van der Waals surface area contributed by atoms with Crippen molar-refractivity contribution in [2.75, 3.05) is 0 Å². The average molecular weight is 454 g/mol. The Labute approximate surface area is 179 Å². The summed E-state index contributed by atoms with van der Waals surface area (Å²) >= 11 is 2.82. The number of nitrogens with one attached hydrogen (secondary N) is 1. The molecule has 7 nitrogen and oxygen atoms in total. The molecule has 2 atom stereocenters. The van der Waals surface area contributed by atoms with Crippen molar-refractivity contribution in [3.05, 3.63) is 32.2 Å². The summed E-state index contributed by atoms with van der Waals surface area (Å²) in [6.45, 7) is 13.3. The van der Waals surface area contributed by atoms with Gasteiger partial charge in [0.25, 0.3) is 0 Å². The van der Waals surface area contributed by atoms with Crippen molar-refractivity contribution < 1.29 is 19.1 Å². The van der Waals surface area contributed by atoms with Gasteiger partial charge in [0.2, 0.25) is 0 Å². The lowest BCUT2D eigenvalue weighted by Gasteiger charge is -2.35. The second kappa shape index (κ2) is 8.17.